The molecule has 6 amide bonds. The van der Waals surface area contributed by atoms with Gasteiger partial charge in [-0.3, -0.25) is 24.0 Å². The molecule has 2 rings (SSSR count). The highest BCUT2D eigenvalue weighted by atomic mass is 16.2. The van der Waals surface area contributed by atoms with Gasteiger partial charge in [-0.1, -0.05) is 59.8 Å². The highest BCUT2D eigenvalue weighted by Gasteiger charge is 2.42. The van der Waals surface area contributed by atoms with E-state index in [4.69, 9.17) is 6.42 Å². The predicted octanol–water partition coefficient (Wildman–Crippen LogP) is 1.66. The van der Waals surface area contributed by atoms with Crippen LogP contribution in [0.25, 0.3) is 0 Å². The maximum Gasteiger partial charge on any atom is 0.315 e. The Morgan fingerprint density at radius 3 is 2.33 bits per heavy atom. The van der Waals surface area contributed by atoms with Crippen molar-refractivity contribution in [3.63, 3.8) is 0 Å². The molecular weight excluding hydrogens is 576 g/mol. The van der Waals surface area contributed by atoms with Crippen LogP contribution in [0, 0.1) is 23.2 Å². The number of hydrogen-bond acceptors (Lipinski definition) is 6. The zero-order valence-corrected chi connectivity index (χ0v) is 27.5. The molecule has 12 heteroatoms. The van der Waals surface area contributed by atoms with E-state index in [2.05, 4.69) is 33.8 Å². The van der Waals surface area contributed by atoms with Crippen LogP contribution in [-0.4, -0.2) is 95.6 Å². The summed E-state index contributed by atoms with van der Waals surface area (Å²) < 4.78 is 0. The van der Waals surface area contributed by atoms with Gasteiger partial charge in [-0.2, -0.15) is 0 Å². The number of amides is 6. The fourth-order valence-corrected chi connectivity index (χ4v) is 5.10. The van der Waals surface area contributed by atoms with Crippen molar-refractivity contribution in [2.75, 3.05) is 26.2 Å². The van der Waals surface area contributed by atoms with Gasteiger partial charge in [0.1, 0.15) is 12.1 Å². The average molecular weight is 627 g/mol. The van der Waals surface area contributed by atoms with Crippen LogP contribution in [-0.2, 0) is 24.0 Å². The average Bonchev–Trinajstić information content (AvgIpc) is 3.46. The van der Waals surface area contributed by atoms with Gasteiger partial charge in [0.15, 0.2) is 0 Å². The van der Waals surface area contributed by atoms with Crippen LogP contribution >= 0.6 is 0 Å². The first-order chi connectivity index (χ1) is 21.0. The monoisotopic (exact) mass is 626 g/mol. The maximum absolute atomic E-state index is 13.9. The van der Waals surface area contributed by atoms with Crippen LogP contribution in [0.1, 0.15) is 73.6 Å². The summed E-state index contributed by atoms with van der Waals surface area (Å²) in [6, 6.07) is -4.23. The topological polar surface area (TPSA) is 157 Å². The number of urea groups is 1. The molecule has 1 saturated heterocycles. The number of rotatable bonds is 13. The summed E-state index contributed by atoms with van der Waals surface area (Å²) in [5.74, 6) is -0.410. The Kier molecular flexibility index (Phi) is 13.4. The van der Waals surface area contributed by atoms with E-state index in [9.17, 15) is 28.8 Å². The fraction of sp³-hybridized carbons (Fsp3) is 0.636. The minimum absolute atomic E-state index is 0.0390. The van der Waals surface area contributed by atoms with E-state index in [1.54, 1.807) is 37.8 Å². The smallest absolute Gasteiger partial charge is 0.315 e. The molecule has 4 atom stereocenters. The van der Waals surface area contributed by atoms with Crippen LogP contribution in [0.3, 0.4) is 0 Å². The highest BCUT2D eigenvalue weighted by molar-refractivity contribution is 6.38. The van der Waals surface area contributed by atoms with Crippen LogP contribution in [0.5, 0.6) is 0 Å². The Morgan fingerprint density at radius 1 is 1.07 bits per heavy atom. The van der Waals surface area contributed by atoms with Crippen molar-refractivity contribution in [1.82, 2.24) is 31.1 Å². The molecule has 2 aliphatic heterocycles. The highest BCUT2D eigenvalue weighted by Crippen LogP contribution is 2.25. The quantitative estimate of drug-likeness (QED) is 0.138. The fourth-order valence-electron chi connectivity index (χ4n) is 5.10. The third kappa shape index (κ3) is 10.8. The number of terminal acetylenes is 1. The standard InChI is InChI=1S/C33H50N6O6/c1-9-11-15-22(26(41)29(43)34-18-10-2)35-28(42)23-16-14-20-39(23)30(44)27(33(6,7)8)37-31(45)36-24(32(3,4)5)21-38-19-13-12-17-25(38)40/h1,10,14,16,22-24,27H,2,11-13,15,17-21H2,3-8H3,(H,34,43)(H,35,42)(H2,36,37,45)/t22?,23-,24+,27+/m0/s1. The van der Waals surface area contributed by atoms with E-state index in [0.717, 1.165) is 12.8 Å². The Hall–Kier alpha value is -4.14. The number of piperidine rings is 1. The zero-order valence-electron chi connectivity index (χ0n) is 27.5. The molecule has 1 fully saturated rings. The molecule has 1 unspecified atom stereocenters. The van der Waals surface area contributed by atoms with Crippen molar-refractivity contribution in [2.45, 2.75) is 97.8 Å². The molecule has 0 aromatic heterocycles. The van der Waals surface area contributed by atoms with E-state index in [1.807, 2.05) is 20.8 Å². The van der Waals surface area contributed by atoms with Gasteiger partial charge in [-0.15, -0.1) is 18.9 Å². The summed E-state index contributed by atoms with van der Waals surface area (Å²) in [6.07, 6.45) is 12.4. The largest absolute Gasteiger partial charge is 0.346 e. The number of hydrogen-bond donors (Lipinski definition) is 4. The number of ketones is 1. The van der Waals surface area contributed by atoms with Crippen molar-refractivity contribution in [1.29, 1.82) is 0 Å². The van der Waals surface area contributed by atoms with Gasteiger partial charge in [0, 0.05) is 39.0 Å². The molecule has 0 saturated carbocycles. The zero-order chi connectivity index (χ0) is 33.9. The number of Topliss-reactive ketones (excluding diaryl/α,β-unsaturated/α-hetero) is 1. The first-order valence-electron chi connectivity index (χ1n) is 15.5. The molecule has 0 radical (unpaired) electrons. The van der Waals surface area contributed by atoms with Gasteiger partial charge in [0.25, 0.3) is 5.91 Å². The summed E-state index contributed by atoms with van der Waals surface area (Å²) in [5, 5.41) is 10.8. The van der Waals surface area contributed by atoms with Gasteiger partial charge in [0.05, 0.1) is 12.1 Å². The summed E-state index contributed by atoms with van der Waals surface area (Å²) in [6.45, 7) is 16.0. The Bertz CT molecular complexity index is 1210. The molecule has 12 nitrogen and oxygen atoms in total. The van der Waals surface area contributed by atoms with Crippen LogP contribution in [0.15, 0.2) is 24.8 Å². The number of carbonyl (C=O) groups excluding carboxylic acids is 6. The van der Waals surface area contributed by atoms with Crippen LogP contribution in [0.2, 0.25) is 0 Å². The molecule has 0 aromatic rings. The first kappa shape index (κ1) is 37.0. The molecule has 45 heavy (non-hydrogen) atoms. The normalized spacial score (nSPS) is 18.7. The van der Waals surface area contributed by atoms with Crippen molar-refractivity contribution in [3.05, 3.63) is 24.8 Å². The molecule has 4 N–H and O–H groups in total. The van der Waals surface area contributed by atoms with Crippen molar-refractivity contribution in [3.8, 4) is 12.3 Å². The van der Waals surface area contributed by atoms with Gasteiger partial charge in [-0.25, -0.2) is 4.79 Å². The summed E-state index contributed by atoms with van der Waals surface area (Å²) in [7, 11) is 0. The summed E-state index contributed by atoms with van der Waals surface area (Å²) >= 11 is 0. The number of likely N-dealkylation sites (tertiary alicyclic amines) is 1. The van der Waals surface area contributed by atoms with Crippen molar-refractivity contribution in [2.24, 2.45) is 10.8 Å². The lowest BCUT2D eigenvalue weighted by Crippen LogP contribution is -2.62. The third-order valence-corrected chi connectivity index (χ3v) is 7.91. The van der Waals surface area contributed by atoms with Crippen LogP contribution < -0.4 is 21.3 Å². The minimum atomic E-state index is -1.19. The second-order valence-corrected chi connectivity index (χ2v) is 13.7. The van der Waals surface area contributed by atoms with E-state index in [1.165, 1.54) is 11.0 Å². The van der Waals surface area contributed by atoms with E-state index < -0.39 is 53.1 Å². The lowest BCUT2D eigenvalue weighted by molar-refractivity contribution is -0.143. The summed E-state index contributed by atoms with van der Waals surface area (Å²) in [5.41, 5.74) is -1.12. The second-order valence-electron chi connectivity index (χ2n) is 13.7. The first-order valence-corrected chi connectivity index (χ1v) is 15.5. The van der Waals surface area contributed by atoms with Crippen molar-refractivity contribution < 1.29 is 28.8 Å². The van der Waals surface area contributed by atoms with E-state index >= 15 is 0 Å². The van der Waals surface area contributed by atoms with Gasteiger partial charge < -0.3 is 31.1 Å². The SMILES string of the molecule is C#CCCC(NC(=O)[C@@H]1C=CCN1C(=O)[C@@H](NC(=O)N[C@H](CN1CCCCC1=O)C(C)(C)C)C(C)(C)C)C(=O)C(=O)NCC=C. The molecule has 2 aliphatic rings. The number of nitrogens with one attached hydrogen (secondary N) is 4. The number of carbonyl (C=O) groups is 6. The van der Waals surface area contributed by atoms with E-state index in [-0.39, 0.29) is 43.3 Å². The molecule has 0 bridgehead atoms. The lowest BCUT2D eigenvalue weighted by atomic mass is 9.85. The van der Waals surface area contributed by atoms with Gasteiger partial charge in [-0.05, 0) is 30.1 Å². The minimum Gasteiger partial charge on any atom is -0.346 e. The predicted molar refractivity (Wildman–Crippen MR) is 171 cm³/mol. The Labute approximate surface area is 267 Å². The third-order valence-electron chi connectivity index (χ3n) is 7.91. The maximum atomic E-state index is 13.9. The van der Waals surface area contributed by atoms with Gasteiger partial charge >= 0.3 is 6.03 Å². The summed E-state index contributed by atoms with van der Waals surface area (Å²) in [4.78, 5) is 81.4. The molecule has 0 aromatic carbocycles. The molecule has 0 aliphatic carbocycles. The van der Waals surface area contributed by atoms with Gasteiger partial charge in [0.2, 0.25) is 23.5 Å². The Balaban J connectivity index is 2.19. The Morgan fingerprint density at radius 2 is 1.76 bits per heavy atom. The number of nitrogens with zero attached hydrogens (tertiary/aromatic N) is 2. The molecular formula is C33H50N6O6. The molecule has 2 heterocycles. The molecule has 0 spiro atoms. The van der Waals surface area contributed by atoms with Crippen LogP contribution in [0.4, 0.5) is 4.79 Å². The lowest BCUT2D eigenvalue weighted by Gasteiger charge is -2.39. The van der Waals surface area contributed by atoms with Crippen molar-refractivity contribution >= 4 is 35.4 Å². The molecule has 248 valence electrons. The van der Waals surface area contributed by atoms with E-state index in [0.29, 0.717) is 19.5 Å². The second kappa shape index (κ2) is 16.3.